The van der Waals surface area contributed by atoms with Crippen LogP contribution in [0.4, 0.5) is 0 Å². The van der Waals surface area contributed by atoms with Crippen molar-refractivity contribution in [3.63, 3.8) is 0 Å². The van der Waals surface area contributed by atoms with Gasteiger partial charge in [-0.3, -0.25) is 0 Å². The van der Waals surface area contributed by atoms with Crippen molar-refractivity contribution < 1.29 is 0 Å². The third kappa shape index (κ3) is 3.91. The van der Waals surface area contributed by atoms with Gasteiger partial charge in [0.15, 0.2) is 0 Å². The molecule has 118 valence electrons. The first-order chi connectivity index (χ1) is 10.2. The van der Waals surface area contributed by atoms with Crippen molar-refractivity contribution in [1.82, 2.24) is 5.32 Å². The van der Waals surface area contributed by atoms with E-state index in [0.29, 0.717) is 5.92 Å². The van der Waals surface area contributed by atoms with Gasteiger partial charge < -0.3 is 5.32 Å². The highest BCUT2D eigenvalue weighted by molar-refractivity contribution is 5.85. The number of benzene rings is 2. The molecule has 1 nitrogen and oxygen atoms in total. The largest absolute Gasteiger partial charge is 0.317 e. The van der Waals surface area contributed by atoms with Crippen molar-refractivity contribution in [2.24, 2.45) is 5.92 Å². The van der Waals surface area contributed by atoms with E-state index in [1.54, 1.807) is 0 Å². The number of piperidine rings is 1. The van der Waals surface area contributed by atoms with E-state index in [0.717, 1.165) is 19.0 Å². The Balaban J connectivity index is 0.00000176. The second-order valence-electron chi connectivity index (χ2n) is 6.39. The summed E-state index contributed by atoms with van der Waals surface area (Å²) >= 11 is 0. The van der Waals surface area contributed by atoms with Crippen LogP contribution in [-0.2, 0) is 0 Å². The molecule has 22 heavy (non-hydrogen) atoms. The number of aryl methyl sites for hydroxylation is 2. The number of hydrogen-bond donors (Lipinski definition) is 1. The van der Waals surface area contributed by atoms with Crippen LogP contribution in [0.3, 0.4) is 0 Å². The smallest absolute Gasteiger partial charge is 0.0119 e. The van der Waals surface area contributed by atoms with Crippen LogP contribution in [0.1, 0.15) is 41.0 Å². The molecule has 1 aliphatic heterocycles. The Morgan fingerprint density at radius 3 is 1.59 bits per heavy atom. The first kappa shape index (κ1) is 17.1. The third-order valence-corrected chi connectivity index (χ3v) is 4.73. The number of hydrogen-bond acceptors (Lipinski definition) is 1. The predicted molar refractivity (Wildman–Crippen MR) is 97.0 cm³/mol. The van der Waals surface area contributed by atoms with Gasteiger partial charge in [0.25, 0.3) is 0 Å². The molecule has 0 spiro atoms. The lowest BCUT2D eigenvalue weighted by Crippen LogP contribution is -2.31. The molecule has 0 amide bonds. The summed E-state index contributed by atoms with van der Waals surface area (Å²) in [7, 11) is 0. The summed E-state index contributed by atoms with van der Waals surface area (Å²) in [5.74, 6) is 1.28. The summed E-state index contributed by atoms with van der Waals surface area (Å²) in [5, 5.41) is 3.49. The molecule has 1 N–H and O–H groups in total. The maximum atomic E-state index is 3.49. The van der Waals surface area contributed by atoms with E-state index < -0.39 is 0 Å². The molecule has 2 aromatic carbocycles. The fourth-order valence-corrected chi connectivity index (χ4v) is 3.46. The van der Waals surface area contributed by atoms with E-state index >= 15 is 0 Å². The second-order valence-corrected chi connectivity index (χ2v) is 6.39. The number of nitrogens with one attached hydrogen (secondary N) is 1. The molecule has 0 radical (unpaired) electrons. The van der Waals surface area contributed by atoms with Crippen molar-refractivity contribution in [2.75, 3.05) is 13.1 Å². The quantitative estimate of drug-likeness (QED) is 0.853. The van der Waals surface area contributed by atoms with Gasteiger partial charge in [-0.1, -0.05) is 59.7 Å². The number of rotatable bonds is 3. The van der Waals surface area contributed by atoms with Crippen molar-refractivity contribution in [3.05, 3.63) is 70.8 Å². The minimum Gasteiger partial charge on any atom is -0.317 e. The van der Waals surface area contributed by atoms with Crippen LogP contribution in [0.15, 0.2) is 48.5 Å². The normalized spacial score (nSPS) is 15.6. The van der Waals surface area contributed by atoms with Crippen LogP contribution in [0.25, 0.3) is 0 Å². The molecule has 0 atom stereocenters. The van der Waals surface area contributed by atoms with E-state index in [9.17, 15) is 0 Å². The molecule has 3 rings (SSSR count). The second kappa shape index (κ2) is 7.80. The zero-order valence-corrected chi connectivity index (χ0v) is 14.3. The molecule has 1 heterocycles. The molecule has 1 fully saturated rings. The molecule has 0 saturated carbocycles. The zero-order valence-electron chi connectivity index (χ0n) is 13.5. The molecule has 1 saturated heterocycles. The van der Waals surface area contributed by atoms with Gasteiger partial charge in [0.2, 0.25) is 0 Å². The molecule has 0 unspecified atom stereocenters. The molecular weight excluding hydrogens is 290 g/mol. The van der Waals surface area contributed by atoms with Crippen molar-refractivity contribution in [1.29, 1.82) is 0 Å². The van der Waals surface area contributed by atoms with E-state index in [4.69, 9.17) is 0 Å². The average Bonchev–Trinajstić information content (AvgIpc) is 2.52. The first-order valence-corrected chi connectivity index (χ1v) is 8.08. The Bertz CT molecular complexity index is 522. The highest BCUT2D eigenvalue weighted by Crippen LogP contribution is 2.37. The Hall–Kier alpha value is -1.31. The molecule has 2 heteroatoms. The standard InChI is InChI=1S/C20H25N.ClH/c1-15-3-7-17(8-4-15)20(19-11-13-21-14-12-19)18-9-5-16(2)6-10-18;/h3-10,19-21H,11-14H2,1-2H3;1H. The van der Waals surface area contributed by atoms with E-state index in [1.165, 1.54) is 35.1 Å². The maximum Gasteiger partial charge on any atom is 0.0119 e. The molecule has 1 aliphatic rings. The van der Waals surface area contributed by atoms with Gasteiger partial charge in [-0.2, -0.15) is 0 Å². The van der Waals surface area contributed by atoms with Crippen LogP contribution >= 0.6 is 12.4 Å². The molecule has 0 aromatic heterocycles. The fourth-order valence-electron chi connectivity index (χ4n) is 3.46. The molecule has 0 aliphatic carbocycles. The van der Waals surface area contributed by atoms with E-state index in [2.05, 4.69) is 67.7 Å². The van der Waals surface area contributed by atoms with Gasteiger partial charge in [-0.15, -0.1) is 12.4 Å². The van der Waals surface area contributed by atoms with Gasteiger partial charge in [0.1, 0.15) is 0 Å². The predicted octanol–water partition coefficient (Wildman–Crippen LogP) is 4.86. The van der Waals surface area contributed by atoms with E-state index in [1.807, 2.05) is 0 Å². The summed E-state index contributed by atoms with van der Waals surface area (Å²) in [4.78, 5) is 0. The summed E-state index contributed by atoms with van der Waals surface area (Å²) < 4.78 is 0. The topological polar surface area (TPSA) is 12.0 Å². The number of halogens is 1. The van der Waals surface area contributed by atoms with Crippen LogP contribution in [0.5, 0.6) is 0 Å². The third-order valence-electron chi connectivity index (χ3n) is 4.73. The van der Waals surface area contributed by atoms with Gasteiger partial charge in [-0.25, -0.2) is 0 Å². The fraction of sp³-hybridized carbons (Fsp3) is 0.400. The zero-order chi connectivity index (χ0) is 14.7. The highest BCUT2D eigenvalue weighted by Gasteiger charge is 2.26. The van der Waals surface area contributed by atoms with Crippen molar-refractivity contribution in [2.45, 2.75) is 32.6 Å². The summed E-state index contributed by atoms with van der Waals surface area (Å²) in [5.41, 5.74) is 5.62. The molecule has 0 bridgehead atoms. The Kier molecular flexibility index (Phi) is 6.05. The summed E-state index contributed by atoms with van der Waals surface area (Å²) in [6, 6.07) is 18.3. The minimum atomic E-state index is 0. The average molecular weight is 316 g/mol. The maximum absolute atomic E-state index is 3.49. The molecule has 2 aromatic rings. The summed E-state index contributed by atoms with van der Waals surface area (Å²) in [6.07, 6.45) is 2.54. The van der Waals surface area contributed by atoms with E-state index in [-0.39, 0.29) is 12.4 Å². The molecular formula is C20H26ClN. The Morgan fingerprint density at radius 2 is 1.18 bits per heavy atom. The minimum absolute atomic E-state index is 0. The Morgan fingerprint density at radius 1 is 0.773 bits per heavy atom. The van der Waals surface area contributed by atoms with Crippen LogP contribution in [-0.4, -0.2) is 13.1 Å². The lowest BCUT2D eigenvalue weighted by Gasteiger charge is -2.31. The van der Waals surface area contributed by atoms with Gasteiger partial charge in [0, 0.05) is 5.92 Å². The lowest BCUT2D eigenvalue weighted by molar-refractivity contribution is 0.342. The lowest BCUT2D eigenvalue weighted by atomic mass is 9.76. The van der Waals surface area contributed by atoms with Crippen LogP contribution in [0, 0.1) is 19.8 Å². The monoisotopic (exact) mass is 315 g/mol. The van der Waals surface area contributed by atoms with Crippen molar-refractivity contribution >= 4 is 12.4 Å². The first-order valence-electron chi connectivity index (χ1n) is 8.08. The van der Waals surface area contributed by atoms with Crippen LogP contribution in [0.2, 0.25) is 0 Å². The van der Waals surface area contributed by atoms with Crippen molar-refractivity contribution in [3.8, 4) is 0 Å². The van der Waals surface area contributed by atoms with Gasteiger partial charge in [0.05, 0.1) is 0 Å². The SMILES string of the molecule is Cc1ccc(C(c2ccc(C)cc2)C2CCNCC2)cc1.Cl. The summed E-state index contributed by atoms with van der Waals surface area (Å²) in [6.45, 7) is 6.63. The van der Waals surface area contributed by atoms with Crippen LogP contribution < -0.4 is 5.32 Å². The van der Waals surface area contributed by atoms with Gasteiger partial charge >= 0.3 is 0 Å². The van der Waals surface area contributed by atoms with Gasteiger partial charge in [-0.05, 0) is 56.8 Å². The highest BCUT2D eigenvalue weighted by atomic mass is 35.5. The Labute approximate surface area is 140 Å².